The van der Waals surface area contributed by atoms with E-state index in [-0.39, 0.29) is 16.6 Å². The van der Waals surface area contributed by atoms with E-state index < -0.39 is 11.0 Å². The van der Waals surface area contributed by atoms with Crippen molar-refractivity contribution in [2.24, 2.45) is 0 Å². The van der Waals surface area contributed by atoms with Gasteiger partial charge in [-0.25, -0.2) is 8.93 Å². The summed E-state index contributed by atoms with van der Waals surface area (Å²) in [6.45, 7) is 7.59. The molecule has 1 N–H and O–H groups in total. The minimum Gasteiger partial charge on any atom is -0.294 e. The van der Waals surface area contributed by atoms with Crippen LogP contribution in [0.1, 0.15) is 44.5 Å². The van der Waals surface area contributed by atoms with Gasteiger partial charge in [-0.2, -0.15) is 0 Å². The lowest BCUT2D eigenvalue weighted by molar-refractivity contribution is 0.0975. The van der Waals surface area contributed by atoms with Crippen LogP contribution in [-0.4, -0.2) is 20.8 Å². The number of nitrogens with one attached hydrogen (secondary N) is 1. The lowest BCUT2D eigenvalue weighted by atomic mass is 10.1. The van der Waals surface area contributed by atoms with Crippen molar-refractivity contribution in [3.05, 3.63) is 35.9 Å². The summed E-state index contributed by atoms with van der Waals surface area (Å²) in [6, 6.07) is 9.08. The fraction of sp³-hybridized carbons (Fsp3) is 0.500. The summed E-state index contributed by atoms with van der Waals surface area (Å²) < 4.78 is 14.5. The Balaban J connectivity index is 2.54. The number of benzene rings is 1. The molecule has 0 radical (unpaired) electrons. The number of rotatable bonds is 5. The molecule has 0 bridgehead atoms. The fourth-order valence-corrected chi connectivity index (χ4v) is 2.22. The van der Waals surface area contributed by atoms with Crippen LogP contribution in [0.3, 0.4) is 0 Å². The summed E-state index contributed by atoms with van der Waals surface area (Å²) >= 11 is 0. The summed E-state index contributed by atoms with van der Waals surface area (Å²) in [5.74, 6) is 0.0708. The SMILES string of the molecule is C[C@H](CC(=O)c1ccccc1)N[S@@](=O)C(C)(C)C. The molecular formula is C14H21NO2S. The Morgan fingerprint density at radius 2 is 1.83 bits per heavy atom. The first-order valence-electron chi connectivity index (χ1n) is 6.07. The van der Waals surface area contributed by atoms with E-state index in [2.05, 4.69) is 4.72 Å². The Bertz CT molecular complexity index is 423. The predicted molar refractivity (Wildman–Crippen MR) is 75.9 cm³/mol. The highest BCUT2D eigenvalue weighted by Crippen LogP contribution is 2.11. The van der Waals surface area contributed by atoms with Gasteiger partial charge in [0.15, 0.2) is 5.78 Å². The third kappa shape index (κ3) is 4.70. The van der Waals surface area contributed by atoms with Crippen molar-refractivity contribution in [1.82, 2.24) is 4.72 Å². The largest absolute Gasteiger partial charge is 0.294 e. The molecule has 0 amide bonds. The van der Waals surface area contributed by atoms with Gasteiger partial charge >= 0.3 is 0 Å². The standard InChI is InChI=1S/C14H21NO2S/c1-11(15-18(17)14(2,3)4)10-13(16)12-8-6-5-7-9-12/h5-9,11,15H,10H2,1-4H3/t11-,18+/m1/s1. The summed E-state index contributed by atoms with van der Waals surface area (Å²) in [6.07, 6.45) is 0.353. The molecule has 0 aliphatic heterocycles. The smallest absolute Gasteiger partial charge is 0.164 e. The molecule has 0 heterocycles. The Kier molecular flexibility index (Phi) is 5.23. The van der Waals surface area contributed by atoms with Gasteiger partial charge in [0.1, 0.15) is 0 Å². The predicted octanol–water partition coefficient (Wildman–Crippen LogP) is 2.70. The van der Waals surface area contributed by atoms with Crippen molar-refractivity contribution < 1.29 is 9.00 Å². The van der Waals surface area contributed by atoms with Crippen molar-refractivity contribution in [3.8, 4) is 0 Å². The van der Waals surface area contributed by atoms with E-state index in [4.69, 9.17) is 0 Å². The number of carbonyl (C=O) groups is 1. The molecule has 0 aliphatic carbocycles. The zero-order chi connectivity index (χ0) is 13.8. The van der Waals surface area contributed by atoms with E-state index >= 15 is 0 Å². The van der Waals surface area contributed by atoms with Crippen LogP contribution >= 0.6 is 0 Å². The average molecular weight is 267 g/mol. The Morgan fingerprint density at radius 1 is 1.28 bits per heavy atom. The van der Waals surface area contributed by atoms with Crippen LogP contribution < -0.4 is 4.72 Å². The molecule has 0 aliphatic rings. The molecule has 100 valence electrons. The Labute approximate surface area is 112 Å². The second kappa shape index (κ2) is 6.25. The average Bonchev–Trinajstić information content (AvgIpc) is 2.28. The van der Waals surface area contributed by atoms with Crippen molar-refractivity contribution in [3.63, 3.8) is 0 Å². The van der Waals surface area contributed by atoms with E-state index in [1.807, 2.05) is 45.9 Å². The third-order valence-electron chi connectivity index (χ3n) is 2.45. The summed E-state index contributed by atoms with van der Waals surface area (Å²) in [5, 5.41) is 0. The zero-order valence-corrected chi connectivity index (χ0v) is 12.2. The van der Waals surface area contributed by atoms with Gasteiger partial charge in [-0.1, -0.05) is 30.3 Å². The van der Waals surface area contributed by atoms with E-state index in [1.165, 1.54) is 0 Å². The molecular weight excluding hydrogens is 246 g/mol. The molecule has 2 atom stereocenters. The summed E-state index contributed by atoms with van der Waals surface area (Å²) in [7, 11) is -1.14. The molecule has 1 aromatic carbocycles. The van der Waals surface area contributed by atoms with Crippen LogP contribution in [0.4, 0.5) is 0 Å². The number of ketones is 1. The Morgan fingerprint density at radius 3 is 2.33 bits per heavy atom. The number of Topliss-reactive ketones (excluding diaryl/α,β-unsaturated/α-hetero) is 1. The topological polar surface area (TPSA) is 46.2 Å². The molecule has 18 heavy (non-hydrogen) atoms. The van der Waals surface area contributed by atoms with E-state index in [9.17, 15) is 9.00 Å². The van der Waals surface area contributed by atoms with Gasteiger partial charge in [0.05, 0.1) is 15.7 Å². The maximum Gasteiger partial charge on any atom is 0.164 e. The Hall–Kier alpha value is -1.00. The highest BCUT2D eigenvalue weighted by Gasteiger charge is 2.22. The molecule has 0 aromatic heterocycles. The molecule has 4 heteroatoms. The highest BCUT2D eigenvalue weighted by molar-refractivity contribution is 7.84. The monoisotopic (exact) mass is 267 g/mol. The van der Waals surface area contributed by atoms with Crippen LogP contribution in [0.25, 0.3) is 0 Å². The fourth-order valence-electron chi connectivity index (χ4n) is 1.42. The van der Waals surface area contributed by atoms with Gasteiger partial charge in [-0.3, -0.25) is 4.79 Å². The lowest BCUT2D eigenvalue weighted by Gasteiger charge is -2.21. The van der Waals surface area contributed by atoms with Crippen LogP contribution in [0.5, 0.6) is 0 Å². The maximum atomic E-state index is 11.9. The third-order valence-corrected chi connectivity index (χ3v) is 4.18. The van der Waals surface area contributed by atoms with Gasteiger partial charge in [0.25, 0.3) is 0 Å². The second-order valence-corrected chi connectivity index (χ2v) is 7.39. The molecule has 0 saturated heterocycles. The van der Waals surface area contributed by atoms with Crippen LogP contribution in [0, 0.1) is 0 Å². The van der Waals surface area contributed by atoms with Gasteiger partial charge in [0.2, 0.25) is 0 Å². The lowest BCUT2D eigenvalue weighted by Crippen LogP contribution is -2.39. The maximum absolute atomic E-state index is 11.9. The summed E-state index contributed by atoms with van der Waals surface area (Å²) in [5.41, 5.74) is 0.702. The minimum absolute atomic E-state index is 0.0708. The number of carbonyl (C=O) groups excluding carboxylic acids is 1. The summed E-state index contributed by atoms with van der Waals surface area (Å²) in [4.78, 5) is 11.9. The van der Waals surface area contributed by atoms with E-state index in [1.54, 1.807) is 12.1 Å². The minimum atomic E-state index is -1.14. The van der Waals surface area contributed by atoms with Crippen LogP contribution in [0.2, 0.25) is 0 Å². The quantitative estimate of drug-likeness (QED) is 0.834. The van der Waals surface area contributed by atoms with Crippen molar-refractivity contribution in [1.29, 1.82) is 0 Å². The zero-order valence-electron chi connectivity index (χ0n) is 11.4. The van der Waals surface area contributed by atoms with Crippen molar-refractivity contribution in [2.75, 3.05) is 0 Å². The van der Waals surface area contributed by atoms with Gasteiger partial charge in [-0.15, -0.1) is 0 Å². The van der Waals surface area contributed by atoms with Crippen LogP contribution in [-0.2, 0) is 11.0 Å². The first kappa shape index (κ1) is 15.1. The first-order chi connectivity index (χ1) is 8.30. The molecule has 0 unspecified atom stereocenters. The molecule has 0 spiro atoms. The van der Waals surface area contributed by atoms with E-state index in [0.29, 0.717) is 12.0 Å². The number of hydrogen-bond donors (Lipinski definition) is 1. The molecule has 1 aromatic rings. The van der Waals surface area contributed by atoms with Crippen molar-refractivity contribution >= 4 is 16.8 Å². The molecule has 0 saturated carbocycles. The normalized spacial score (nSPS) is 15.1. The highest BCUT2D eigenvalue weighted by atomic mass is 32.2. The van der Waals surface area contributed by atoms with Gasteiger partial charge in [0, 0.05) is 18.0 Å². The first-order valence-corrected chi connectivity index (χ1v) is 7.22. The molecule has 1 rings (SSSR count). The van der Waals surface area contributed by atoms with E-state index in [0.717, 1.165) is 0 Å². The number of hydrogen-bond acceptors (Lipinski definition) is 2. The molecule has 0 fully saturated rings. The molecule has 3 nitrogen and oxygen atoms in total. The second-order valence-electron chi connectivity index (χ2n) is 5.39. The van der Waals surface area contributed by atoms with Gasteiger partial charge in [-0.05, 0) is 27.7 Å². The van der Waals surface area contributed by atoms with Gasteiger partial charge < -0.3 is 0 Å². The van der Waals surface area contributed by atoms with Crippen molar-refractivity contribution in [2.45, 2.75) is 44.9 Å². The van der Waals surface area contributed by atoms with Crippen LogP contribution in [0.15, 0.2) is 30.3 Å².